The van der Waals surface area contributed by atoms with E-state index in [0.717, 1.165) is 18.0 Å². The minimum absolute atomic E-state index is 0.0687. The Morgan fingerprint density at radius 2 is 2.14 bits per heavy atom. The van der Waals surface area contributed by atoms with E-state index in [4.69, 9.17) is 10.3 Å². The Labute approximate surface area is 121 Å². The lowest BCUT2D eigenvalue weighted by atomic mass is 10.3. The Morgan fingerprint density at radius 1 is 1.33 bits per heavy atom. The van der Waals surface area contributed by atoms with Gasteiger partial charge in [-0.25, -0.2) is 15.8 Å². The number of hydrazine groups is 1. The van der Waals surface area contributed by atoms with Gasteiger partial charge in [-0.2, -0.15) is 4.98 Å². The smallest absolute Gasteiger partial charge is 0.320 e. The molecule has 3 rings (SSSR count). The maximum atomic E-state index is 11.0. The third-order valence-corrected chi connectivity index (χ3v) is 3.36. The van der Waals surface area contributed by atoms with Crippen molar-refractivity contribution in [3.8, 4) is 0 Å². The lowest BCUT2D eigenvalue weighted by Gasteiger charge is -2.01. The quantitative estimate of drug-likeness (QED) is 0.321. The molecule has 3 N–H and O–H groups in total. The van der Waals surface area contributed by atoms with Crippen LogP contribution in [0.3, 0.4) is 0 Å². The molecule has 0 unspecified atom stereocenters. The predicted octanol–water partition coefficient (Wildman–Crippen LogP) is 1.96. The molecule has 21 heavy (non-hydrogen) atoms. The van der Waals surface area contributed by atoms with Crippen LogP contribution in [0.5, 0.6) is 0 Å². The minimum Gasteiger partial charge on any atom is -0.431 e. The zero-order valence-corrected chi connectivity index (χ0v) is 11.2. The highest BCUT2D eigenvalue weighted by Crippen LogP contribution is 2.34. The molecule has 0 atom stereocenters. The summed E-state index contributed by atoms with van der Waals surface area (Å²) >= 11 is 0.932. The molecule has 9 nitrogen and oxygen atoms in total. The summed E-state index contributed by atoms with van der Waals surface area (Å²) in [6, 6.07) is 7.17. The highest BCUT2D eigenvalue weighted by atomic mass is 32.2. The normalized spacial score (nSPS) is 10.7. The van der Waals surface area contributed by atoms with Gasteiger partial charge in [-0.3, -0.25) is 15.5 Å². The monoisotopic (exact) mass is 304 g/mol. The number of aromatic nitrogens is 3. The van der Waals surface area contributed by atoms with Crippen molar-refractivity contribution in [3.05, 3.63) is 40.6 Å². The number of fused-ring (bicyclic) bond motifs is 1. The first-order valence-corrected chi connectivity index (χ1v) is 6.50. The van der Waals surface area contributed by atoms with Gasteiger partial charge in [0.05, 0.1) is 4.92 Å². The molecular weight excluding hydrogens is 296 g/mol. The average molecular weight is 304 g/mol. The molecule has 0 fully saturated rings. The molecule has 106 valence electrons. The molecule has 0 bridgehead atoms. The van der Waals surface area contributed by atoms with Crippen LogP contribution in [-0.4, -0.2) is 19.9 Å². The summed E-state index contributed by atoms with van der Waals surface area (Å²) in [5.41, 5.74) is 3.24. The number of nitro groups is 1. The van der Waals surface area contributed by atoms with Crippen molar-refractivity contribution in [2.75, 3.05) is 5.43 Å². The minimum atomic E-state index is -0.578. The molecule has 0 aliphatic heterocycles. The van der Waals surface area contributed by atoms with Crippen molar-refractivity contribution in [1.82, 2.24) is 15.0 Å². The van der Waals surface area contributed by atoms with Gasteiger partial charge in [0.15, 0.2) is 10.6 Å². The van der Waals surface area contributed by atoms with E-state index in [1.807, 2.05) is 12.1 Å². The highest BCUT2D eigenvalue weighted by molar-refractivity contribution is 7.99. The van der Waals surface area contributed by atoms with Gasteiger partial charge in [0.1, 0.15) is 11.7 Å². The second-order valence-electron chi connectivity index (χ2n) is 3.84. The molecule has 3 aromatic rings. The largest absolute Gasteiger partial charge is 0.431 e. The summed E-state index contributed by atoms with van der Waals surface area (Å²) in [5, 5.41) is 11.3. The Balaban J connectivity index is 2.01. The Bertz CT molecular complexity index is 788. The van der Waals surface area contributed by atoms with Crippen molar-refractivity contribution in [3.63, 3.8) is 0 Å². The lowest BCUT2D eigenvalue weighted by Crippen LogP contribution is -2.11. The maximum absolute atomic E-state index is 11.0. The molecule has 0 saturated carbocycles. The predicted molar refractivity (Wildman–Crippen MR) is 74.6 cm³/mol. The van der Waals surface area contributed by atoms with Crippen LogP contribution in [0.15, 0.2) is 45.1 Å². The molecule has 0 radical (unpaired) electrons. The van der Waals surface area contributed by atoms with E-state index in [0.29, 0.717) is 11.1 Å². The molecule has 2 aromatic heterocycles. The molecule has 0 amide bonds. The standard InChI is InChI=1S/C11H8N6O3S/c12-16-10-13-5-7(17(18)19)9(15-10)21-11-14-6-3-1-2-4-8(6)20-11/h1-5H,12H2,(H,13,15,16). The molecule has 1 aromatic carbocycles. The Hall–Kier alpha value is -2.72. The number of hydrogen-bond donors (Lipinski definition) is 2. The number of anilines is 1. The van der Waals surface area contributed by atoms with Gasteiger partial charge < -0.3 is 4.42 Å². The molecule has 0 spiro atoms. The zero-order valence-electron chi connectivity index (χ0n) is 10.4. The molecule has 10 heteroatoms. The zero-order chi connectivity index (χ0) is 14.8. The number of hydrogen-bond acceptors (Lipinski definition) is 9. The van der Waals surface area contributed by atoms with Gasteiger partial charge in [-0.15, -0.1) is 0 Å². The fraction of sp³-hybridized carbons (Fsp3) is 0. The Morgan fingerprint density at radius 3 is 2.86 bits per heavy atom. The van der Waals surface area contributed by atoms with Crippen LogP contribution in [-0.2, 0) is 0 Å². The third kappa shape index (κ3) is 2.61. The van der Waals surface area contributed by atoms with Gasteiger partial charge in [0, 0.05) is 0 Å². The summed E-state index contributed by atoms with van der Waals surface area (Å²) < 4.78 is 5.50. The number of nitrogens with two attached hydrogens (primary N) is 1. The van der Waals surface area contributed by atoms with E-state index < -0.39 is 4.92 Å². The molecule has 0 saturated heterocycles. The van der Waals surface area contributed by atoms with Gasteiger partial charge in [0.2, 0.25) is 5.95 Å². The van der Waals surface area contributed by atoms with Gasteiger partial charge in [-0.05, 0) is 23.9 Å². The molecule has 2 heterocycles. The SMILES string of the molecule is NNc1ncc([N+](=O)[O-])c(Sc2nc3ccccc3o2)n1. The average Bonchev–Trinajstić information content (AvgIpc) is 2.89. The number of nitrogens with zero attached hydrogens (tertiary/aromatic N) is 4. The van der Waals surface area contributed by atoms with Crippen molar-refractivity contribution < 1.29 is 9.34 Å². The summed E-state index contributed by atoms with van der Waals surface area (Å²) in [4.78, 5) is 22.3. The van der Waals surface area contributed by atoms with Crippen molar-refractivity contribution in [2.45, 2.75) is 10.2 Å². The first-order chi connectivity index (χ1) is 10.2. The lowest BCUT2D eigenvalue weighted by molar-refractivity contribution is -0.388. The molecule has 0 aliphatic carbocycles. The van der Waals surface area contributed by atoms with Gasteiger partial charge >= 0.3 is 5.69 Å². The maximum Gasteiger partial charge on any atom is 0.320 e. The summed E-state index contributed by atoms with van der Waals surface area (Å²) in [7, 11) is 0. The topological polar surface area (TPSA) is 133 Å². The van der Waals surface area contributed by atoms with E-state index in [2.05, 4.69) is 20.4 Å². The molecule has 0 aliphatic rings. The summed E-state index contributed by atoms with van der Waals surface area (Å²) in [6.45, 7) is 0. The van der Waals surface area contributed by atoms with Crippen LogP contribution in [0.4, 0.5) is 11.6 Å². The first kappa shape index (κ1) is 13.3. The second-order valence-corrected chi connectivity index (χ2v) is 4.78. The first-order valence-electron chi connectivity index (χ1n) is 5.69. The number of oxazole rings is 1. The number of nitrogen functional groups attached to an aromatic ring is 1. The van der Waals surface area contributed by atoms with Gasteiger partial charge in [0.25, 0.3) is 5.22 Å². The number of benzene rings is 1. The van der Waals surface area contributed by atoms with E-state index >= 15 is 0 Å². The number of para-hydroxylation sites is 2. The fourth-order valence-corrected chi connectivity index (χ4v) is 2.41. The third-order valence-electron chi connectivity index (χ3n) is 2.52. The van der Waals surface area contributed by atoms with Crippen LogP contribution < -0.4 is 11.3 Å². The van der Waals surface area contributed by atoms with E-state index in [1.165, 1.54) is 0 Å². The van der Waals surface area contributed by atoms with Gasteiger partial charge in [-0.1, -0.05) is 12.1 Å². The van der Waals surface area contributed by atoms with E-state index in [-0.39, 0.29) is 21.9 Å². The summed E-state index contributed by atoms with van der Waals surface area (Å²) in [6.07, 6.45) is 1.08. The van der Waals surface area contributed by atoms with Crippen LogP contribution in [0.2, 0.25) is 0 Å². The van der Waals surface area contributed by atoms with Crippen LogP contribution in [0.1, 0.15) is 0 Å². The van der Waals surface area contributed by atoms with E-state index in [1.54, 1.807) is 12.1 Å². The molecular formula is C11H8N6O3S. The Kier molecular flexibility index (Phi) is 3.38. The highest BCUT2D eigenvalue weighted by Gasteiger charge is 2.20. The van der Waals surface area contributed by atoms with Crippen molar-refractivity contribution in [1.29, 1.82) is 0 Å². The van der Waals surface area contributed by atoms with E-state index in [9.17, 15) is 10.1 Å². The van der Waals surface area contributed by atoms with Crippen LogP contribution >= 0.6 is 11.8 Å². The van der Waals surface area contributed by atoms with Crippen LogP contribution in [0.25, 0.3) is 11.1 Å². The number of nitrogens with one attached hydrogen (secondary N) is 1. The summed E-state index contributed by atoms with van der Waals surface area (Å²) in [5.74, 6) is 5.28. The van der Waals surface area contributed by atoms with Crippen molar-refractivity contribution in [2.24, 2.45) is 5.84 Å². The van der Waals surface area contributed by atoms with Crippen LogP contribution in [0, 0.1) is 10.1 Å². The second kappa shape index (κ2) is 5.34. The number of rotatable bonds is 4. The van der Waals surface area contributed by atoms with Crippen molar-refractivity contribution >= 4 is 34.5 Å². The fourth-order valence-electron chi connectivity index (χ4n) is 1.61.